The SMILES string of the molecule is Cn1c(=O)n(CC(C)(C)C)c2ccc(-c3cc(CN4CCCC(c5nc6ccccc6[nH]5)C4)ccc3C#N)nc21. The largest absolute Gasteiger partial charge is 0.342 e. The second-order valence-corrected chi connectivity index (χ2v) is 12.2. The van der Waals surface area contributed by atoms with E-state index in [0.717, 1.165) is 66.0 Å². The van der Waals surface area contributed by atoms with Crippen LogP contribution < -0.4 is 5.69 Å². The fourth-order valence-electron chi connectivity index (χ4n) is 5.90. The molecule has 0 spiro atoms. The number of H-pyrrole nitrogens is 1. The third kappa shape index (κ3) is 4.93. The van der Waals surface area contributed by atoms with Crippen molar-refractivity contribution in [1.82, 2.24) is 29.0 Å². The minimum atomic E-state index is -0.0760. The van der Waals surface area contributed by atoms with E-state index in [0.29, 0.717) is 29.4 Å². The number of piperidine rings is 1. The van der Waals surface area contributed by atoms with Gasteiger partial charge >= 0.3 is 5.69 Å². The van der Waals surface area contributed by atoms with Crippen LogP contribution >= 0.6 is 0 Å². The Hall–Kier alpha value is -4.22. The number of likely N-dealkylation sites (tertiary alicyclic amines) is 1. The Bertz CT molecular complexity index is 1780. The Kier molecular flexibility index (Phi) is 6.55. The summed E-state index contributed by atoms with van der Waals surface area (Å²) in [5.41, 5.74) is 6.64. The topological polar surface area (TPSA) is 95.5 Å². The minimum absolute atomic E-state index is 0.0447. The van der Waals surface area contributed by atoms with Gasteiger partial charge in [0.2, 0.25) is 0 Å². The first kappa shape index (κ1) is 26.0. The molecule has 0 radical (unpaired) electrons. The van der Waals surface area contributed by atoms with Gasteiger partial charge in [-0.25, -0.2) is 14.8 Å². The van der Waals surface area contributed by atoms with Crippen LogP contribution in [0.3, 0.4) is 0 Å². The molecular weight excluding hydrogens is 498 g/mol. The zero-order chi connectivity index (χ0) is 28.0. The number of aromatic nitrogens is 5. The lowest BCUT2D eigenvalue weighted by Gasteiger charge is -2.32. The summed E-state index contributed by atoms with van der Waals surface area (Å²) in [4.78, 5) is 28.8. The van der Waals surface area contributed by atoms with Gasteiger partial charge in [-0.1, -0.05) is 39.0 Å². The Balaban J connectivity index is 1.28. The third-order valence-electron chi connectivity index (χ3n) is 7.80. The van der Waals surface area contributed by atoms with Gasteiger partial charge in [-0.05, 0) is 66.8 Å². The maximum Gasteiger partial charge on any atom is 0.330 e. The van der Waals surface area contributed by atoms with Crippen molar-refractivity contribution < 1.29 is 0 Å². The predicted molar refractivity (Wildman–Crippen MR) is 158 cm³/mol. The number of rotatable bonds is 5. The van der Waals surface area contributed by atoms with Crippen molar-refractivity contribution in [2.24, 2.45) is 12.5 Å². The van der Waals surface area contributed by atoms with Crippen LogP contribution in [-0.4, -0.2) is 42.1 Å². The van der Waals surface area contributed by atoms with Crippen molar-refractivity contribution in [1.29, 1.82) is 5.26 Å². The van der Waals surface area contributed by atoms with Crippen LogP contribution in [0.1, 0.15) is 56.5 Å². The van der Waals surface area contributed by atoms with Gasteiger partial charge in [0.15, 0.2) is 5.65 Å². The van der Waals surface area contributed by atoms with Gasteiger partial charge in [0.05, 0.1) is 33.9 Å². The van der Waals surface area contributed by atoms with Crippen molar-refractivity contribution in [3.05, 3.63) is 82.0 Å². The van der Waals surface area contributed by atoms with Gasteiger partial charge in [-0.15, -0.1) is 0 Å². The highest BCUT2D eigenvalue weighted by Gasteiger charge is 2.25. The van der Waals surface area contributed by atoms with E-state index < -0.39 is 0 Å². The lowest BCUT2D eigenvalue weighted by molar-refractivity contribution is 0.197. The zero-order valence-corrected chi connectivity index (χ0v) is 23.6. The Labute approximate surface area is 233 Å². The molecule has 1 fully saturated rings. The van der Waals surface area contributed by atoms with E-state index in [1.54, 1.807) is 16.2 Å². The number of aromatic amines is 1. The number of nitrogens with one attached hydrogen (secondary N) is 1. The summed E-state index contributed by atoms with van der Waals surface area (Å²) in [5, 5.41) is 9.90. The van der Waals surface area contributed by atoms with Crippen LogP contribution in [0.15, 0.2) is 59.4 Å². The molecule has 2 aromatic carbocycles. The number of pyridine rings is 1. The van der Waals surface area contributed by atoms with E-state index in [-0.39, 0.29) is 11.1 Å². The smallest absolute Gasteiger partial charge is 0.330 e. The van der Waals surface area contributed by atoms with Crippen LogP contribution in [0.4, 0.5) is 0 Å². The van der Waals surface area contributed by atoms with Crippen molar-refractivity contribution in [2.75, 3.05) is 13.1 Å². The van der Waals surface area contributed by atoms with E-state index >= 15 is 0 Å². The molecule has 1 aliphatic heterocycles. The Morgan fingerprint density at radius 3 is 2.70 bits per heavy atom. The van der Waals surface area contributed by atoms with E-state index in [4.69, 9.17) is 9.97 Å². The molecule has 1 saturated heterocycles. The van der Waals surface area contributed by atoms with Crippen molar-refractivity contribution in [2.45, 2.75) is 52.6 Å². The molecule has 8 heteroatoms. The van der Waals surface area contributed by atoms with Crippen LogP contribution in [0, 0.1) is 16.7 Å². The maximum absolute atomic E-state index is 13.0. The highest BCUT2D eigenvalue weighted by Crippen LogP contribution is 2.30. The van der Waals surface area contributed by atoms with E-state index in [9.17, 15) is 10.1 Å². The molecule has 204 valence electrons. The van der Waals surface area contributed by atoms with Gasteiger partial charge in [0, 0.05) is 38.2 Å². The summed E-state index contributed by atoms with van der Waals surface area (Å²) in [7, 11) is 1.76. The summed E-state index contributed by atoms with van der Waals surface area (Å²) in [6, 6.07) is 20.4. The van der Waals surface area contributed by atoms with Gasteiger partial charge in [0.1, 0.15) is 5.82 Å². The van der Waals surface area contributed by atoms with Gasteiger partial charge in [0.25, 0.3) is 0 Å². The lowest BCUT2D eigenvalue weighted by atomic mass is 9.96. The first-order valence-electron chi connectivity index (χ1n) is 14.0. The van der Waals surface area contributed by atoms with Gasteiger partial charge < -0.3 is 4.98 Å². The zero-order valence-electron chi connectivity index (χ0n) is 23.6. The normalized spacial score (nSPS) is 16.5. The molecular formula is C32H35N7O. The summed E-state index contributed by atoms with van der Waals surface area (Å²) in [6.07, 6.45) is 2.23. The van der Waals surface area contributed by atoms with Crippen LogP contribution in [0.25, 0.3) is 33.5 Å². The third-order valence-corrected chi connectivity index (χ3v) is 7.80. The van der Waals surface area contributed by atoms with Crippen molar-refractivity contribution in [3.8, 4) is 17.3 Å². The molecule has 1 unspecified atom stereocenters. The molecule has 1 atom stereocenters. The number of benzene rings is 2. The molecule has 0 aliphatic carbocycles. The van der Waals surface area contributed by atoms with E-state index in [1.165, 1.54) is 0 Å². The second-order valence-electron chi connectivity index (χ2n) is 12.2. The molecule has 0 saturated carbocycles. The first-order chi connectivity index (χ1) is 19.2. The van der Waals surface area contributed by atoms with Gasteiger partial charge in [-0.3, -0.25) is 14.0 Å². The molecule has 0 bridgehead atoms. The number of nitrogens with zero attached hydrogens (tertiary/aromatic N) is 6. The van der Waals surface area contributed by atoms with E-state index in [1.807, 2.05) is 36.4 Å². The maximum atomic E-state index is 13.0. The average molecular weight is 534 g/mol. The molecule has 4 heterocycles. The molecule has 6 rings (SSSR count). The monoisotopic (exact) mass is 533 g/mol. The fraction of sp³-hybridized carbons (Fsp3) is 0.375. The molecule has 5 aromatic rings. The molecule has 1 aliphatic rings. The Morgan fingerprint density at radius 1 is 1.10 bits per heavy atom. The number of hydrogen-bond donors (Lipinski definition) is 1. The molecule has 8 nitrogen and oxygen atoms in total. The predicted octanol–water partition coefficient (Wildman–Crippen LogP) is 5.58. The standard InChI is InChI=1S/C32H35N7O/c1-32(2,3)20-39-28-14-13-25(36-30(28)37(4)31(39)40)24-16-21(11-12-22(24)17-33)18-38-15-7-8-23(19-38)29-34-26-9-5-6-10-27(26)35-29/h5-6,9-14,16,23H,7-8,15,18-20H2,1-4H3,(H,34,35). The quantitative estimate of drug-likeness (QED) is 0.318. The highest BCUT2D eigenvalue weighted by atomic mass is 16.1. The minimum Gasteiger partial charge on any atom is -0.342 e. The highest BCUT2D eigenvalue weighted by molar-refractivity contribution is 5.78. The number of nitriles is 1. The lowest BCUT2D eigenvalue weighted by Crippen LogP contribution is -2.34. The van der Waals surface area contributed by atoms with Crippen molar-refractivity contribution >= 4 is 22.2 Å². The van der Waals surface area contributed by atoms with Crippen LogP contribution in [-0.2, 0) is 20.1 Å². The summed E-state index contributed by atoms with van der Waals surface area (Å²) < 4.78 is 3.40. The van der Waals surface area contributed by atoms with E-state index in [2.05, 4.69) is 54.9 Å². The molecule has 40 heavy (non-hydrogen) atoms. The Morgan fingerprint density at radius 2 is 1.93 bits per heavy atom. The number of fused-ring (bicyclic) bond motifs is 2. The number of para-hydroxylation sites is 2. The first-order valence-corrected chi connectivity index (χ1v) is 14.0. The number of aryl methyl sites for hydroxylation is 1. The van der Waals surface area contributed by atoms with Crippen LogP contribution in [0.2, 0.25) is 0 Å². The molecule has 0 amide bonds. The summed E-state index contributed by atoms with van der Waals surface area (Å²) >= 11 is 0. The molecule has 3 aromatic heterocycles. The number of imidazole rings is 2. The molecule has 1 N–H and O–H groups in total. The van der Waals surface area contributed by atoms with Crippen molar-refractivity contribution in [3.63, 3.8) is 0 Å². The number of hydrogen-bond acceptors (Lipinski definition) is 5. The average Bonchev–Trinajstić information content (AvgIpc) is 3.48. The van der Waals surface area contributed by atoms with Crippen LogP contribution in [0.5, 0.6) is 0 Å². The summed E-state index contributed by atoms with van der Waals surface area (Å²) in [6.45, 7) is 9.71. The fourth-order valence-corrected chi connectivity index (χ4v) is 5.90. The van der Waals surface area contributed by atoms with Gasteiger partial charge in [-0.2, -0.15) is 5.26 Å². The summed E-state index contributed by atoms with van der Waals surface area (Å²) in [5.74, 6) is 1.43. The second kappa shape index (κ2) is 10.1.